The van der Waals surface area contributed by atoms with Crippen LogP contribution in [-0.2, 0) is 0 Å². The van der Waals surface area contributed by atoms with Crippen LogP contribution >= 0.6 is 0 Å². The van der Waals surface area contributed by atoms with Gasteiger partial charge in [-0.15, -0.1) is 0 Å². The average molecular weight is 290 g/mol. The van der Waals surface area contributed by atoms with Crippen LogP contribution in [0.1, 0.15) is 41.9 Å². The van der Waals surface area contributed by atoms with Gasteiger partial charge in [0.25, 0.3) is 5.91 Å². The molecule has 7 nitrogen and oxygen atoms in total. The Hall–Kier alpha value is -2.31. The van der Waals surface area contributed by atoms with E-state index in [0.29, 0.717) is 24.8 Å². The number of piperidine rings is 1. The molecule has 1 aliphatic heterocycles. The number of aromatic nitrogens is 3. The Morgan fingerprint density at radius 3 is 3.29 bits per heavy atom. The standard InChI is InChI=1S/C14H18N4O3/c1-2-20-14-16-12(9-21-14)13(19)18-7-3-4-10(8-18)11-5-6-15-17-11/h5-6,9-10H,2-4,7-8H2,1H3,(H,15,17). The summed E-state index contributed by atoms with van der Waals surface area (Å²) in [5.74, 6) is 0.178. The van der Waals surface area contributed by atoms with Crippen molar-refractivity contribution < 1.29 is 13.9 Å². The number of rotatable bonds is 4. The van der Waals surface area contributed by atoms with Gasteiger partial charge in [0.05, 0.1) is 6.61 Å². The molecule has 7 heteroatoms. The number of oxazole rings is 1. The van der Waals surface area contributed by atoms with E-state index in [9.17, 15) is 4.79 Å². The van der Waals surface area contributed by atoms with Crippen LogP contribution in [0, 0.1) is 0 Å². The van der Waals surface area contributed by atoms with Crippen molar-refractivity contribution in [3.63, 3.8) is 0 Å². The molecule has 0 bridgehead atoms. The van der Waals surface area contributed by atoms with E-state index in [4.69, 9.17) is 9.15 Å². The van der Waals surface area contributed by atoms with Gasteiger partial charge in [-0.1, -0.05) is 0 Å². The zero-order valence-corrected chi connectivity index (χ0v) is 11.9. The van der Waals surface area contributed by atoms with Crippen molar-refractivity contribution >= 4 is 5.91 Å². The van der Waals surface area contributed by atoms with E-state index >= 15 is 0 Å². The summed E-state index contributed by atoms with van der Waals surface area (Å²) in [5, 5.41) is 6.96. The molecule has 0 spiro atoms. The molecule has 2 aromatic heterocycles. The molecule has 0 saturated carbocycles. The summed E-state index contributed by atoms with van der Waals surface area (Å²) in [4.78, 5) is 18.3. The largest absolute Gasteiger partial charge is 0.450 e. The summed E-state index contributed by atoms with van der Waals surface area (Å²) in [6.07, 6.45) is 5.25. The lowest BCUT2D eigenvalue weighted by Crippen LogP contribution is -2.39. The van der Waals surface area contributed by atoms with E-state index in [-0.39, 0.29) is 12.0 Å². The number of nitrogens with one attached hydrogen (secondary N) is 1. The van der Waals surface area contributed by atoms with Crippen LogP contribution in [0.4, 0.5) is 0 Å². The van der Waals surface area contributed by atoms with E-state index in [0.717, 1.165) is 25.1 Å². The van der Waals surface area contributed by atoms with Gasteiger partial charge in [0, 0.05) is 30.9 Å². The van der Waals surface area contributed by atoms with Crippen LogP contribution in [0.15, 0.2) is 22.9 Å². The van der Waals surface area contributed by atoms with Crippen molar-refractivity contribution in [2.45, 2.75) is 25.7 Å². The molecule has 1 saturated heterocycles. The smallest absolute Gasteiger partial charge is 0.394 e. The van der Waals surface area contributed by atoms with Crippen molar-refractivity contribution in [1.29, 1.82) is 0 Å². The van der Waals surface area contributed by atoms with Crippen LogP contribution in [-0.4, -0.2) is 45.7 Å². The quantitative estimate of drug-likeness (QED) is 0.928. The predicted molar refractivity (Wildman–Crippen MR) is 74.1 cm³/mol. The number of carbonyl (C=O) groups excluding carboxylic acids is 1. The number of hydrogen-bond donors (Lipinski definition) is 1. The first kappa shape index (κ1) is 13.7. The second kappa shape index (κ2) is 5.99. The molecule has 2 aromatic rings. The molecule has 1 N–H and O–H groups in total. The van der Waals surface area contributed by atoms with Crippen LogP contribution in [0.2, 0.25) is 0 Å². The number of ether oxygens (including phenoxy) is 1. The molecule has 1 amide bonds. The molecule has 1 aliphatic rings. The second-order valence-corrected chi connectivity index (χ2v) is 5.03. The minimum atomic E-state index is -0.117. The Morgan fingerprint density at radius 2 is 2.52 bits per heavy atom. The number of hydrogen-bond acceptors (Lipinski definition) is 5. The molecule has 1 fully saturated rings. The van der Waals surface area contributed by atoms with Gasteiger partial charge < -0.3 is 14.1 Å². The number of H-pyrrole nitrogens is 1. The monoisotopic (exact) mass is 290 g/mol. The SMILES string of the molecule is CCOc1nc(C(=O)N2CCCC(c3ccn[nH]3)C2)co1. The fraction of sp³-hybridized carbons (Fsp3) is 0.500. The van der Waals surface area contributed by atoms with Gasteiger partial charge in [0.1, 0.15) is 6.26 Å². The lowest BCUT2D eigenvalue weighted by atomic mass is 9.95. The van der Waals surface area contributed by atoms with Crippen LogP contribution in [0.25, 0.3) is 0 Å². The topological polar surface area (TPSA) is 84.2 Å². The molecule has 21 heavy (non-hydrogen) atoms. The zero-order valence-electron chi connectivity index (χ0n) is 11.9. The number of carbonyl (C=O) groups is 1. The Labute approximate surface area is 122 Å². The molecule has 3 heterocycles. The van der Waals surface area contributed by atoms with Gasteiger partial charge in [0.15, 0.2) is 5.69 Å². The highest BCUT2D eigenvalue weighted by molar-refractivity contribution is 5.92. The second-order valence-electron chi connectivity index (χ2n) is 5.03. The van der Waals surface area contributed by atoms with Crippen LogP contribution < -0.4 is 4.74 Å². The molecular formula is C14H18N4O3. The minimum Gasteiger partial charge on any atom is -0.450 e. The fourth-order valence-electron chi connectivity index (χ4n) is 2.62. The first-order valence-corrected chi connectivity index (χ1v) is 7.14. The number of likely N-dealkylation sites (tertiary alicyclic amines) is 1. The highest BCUT2D eigenvalue weighted by Gasteiger charge is 2.27. The highest BCUT2D eigenvalue weighted by atomic mass is 16.6. The van der Waals surface area contributed by atoms with Crippen LogP contribution in [0.5, 0.6) is 6.08 Å². The molecule has 0 radical (unpaired) electrons. The molecular weight excluding hydrogens is 272 g/mol. The van der Waals surface area contributed by atoms with Crippen molar-refractivity contribution in [2.75, 3.05) is 19.7 Å². The Balaban J connectivity index is 1.68. The maximum Gasteiger partial charge on any atom is 0.394 e. The minimum absolute atomic E-state index is 0.117. The van der Waals surface area contributed by atoms with Crippen molar-refractivity contribution in [3.05, 3.63) is 29.9 Å². The summed E-state index contributed by atoms with van der Waals surface area (Å²) in [6, 6.07) is 1.96. The van der Waals surface area contributed by atoms with E-state index in [1.807, 2.05) is 17.9 Å². The Bertz CT molecular complexity index is 593. The lowest BCUT2D eigenvalue weighted by Gasteiger charge is -2.31. The highest BCUT2D eigenvalue weighted by Crippen LogP contribution is 2.26. The summed E-state index contributed by atoms with van der Waals surface area (Å²) in [6.45, 7) is 3.70. The predicted octanol–water partition coefficient (Wildman–Crippen LogP) is 1.82. The normalized spacial score (nSPS) is 18.7. The molecule has 0 aliphatic carbocycles. The molecule has 3 rings (SSSR count). The summed E-state index contributed by atoms with van der Waals surface area (Å²) < 4.78 is 10.3. The number of nitrogens with zero attached hydrogens (tertiary/aromatic N) is 3. The Morgan fingerprint density at radius 1 is 1.62 bits per heavy atom. The van der Waals surface area contributed by atoms with Crippen molar-refractivity contribution in [2.24, 2.45) is 0 Å². The third-order valence-corrected chi connectivity index (χ3v) is 3.64. The van der Waals surface area contributed by atoms with Crippen molar-refractivity contribution in [1.82, 2.24) is 20.1 Å². The lowest BCUT2D eigenvalue weighted by molar-refractivity contribution is 0.0699. The van der Waals surface area contributed by atoms with Gasteiger partial charge in [0.2, 0.25) is 0 Å². The first-order valence-electron chi connectivity index (χ1n) is 7.14. The molecule has 112 valence electrons. The van der Waals surface area contributed by atoms with E-state index < -0.39 is 0 Å². The zero-order chi connectivity index (χ0) is 14.7. The number of amides is 1. The Kier molecular flexibility index (Phi) is 3.89. The molecule has 0 aromatic carbocycles. The van der Waals surface area contributed by atoms with E-state index in [1.54, 1.807) is 6.20 Å². The van der Waals surface area contributed by atoms with Gasteiger partial charge in [-0.25, -0.2) is 0 Å². The van der Waals surface area contributed by atoms with Gasteiger partial charge >= 0.3 is 6.08 Å². The van der Waals surface area contributed by atoms with Gasteiger partial charge in [-0.3, -0.25) is 9.89 Å². The number of aromatic amines is 1. The van der Waals surface area contributed by atoms with Gasteiger partial charge in [-0.05, 0) is 25.8 Å². The average Bonchev–Trinajstić information content (AvgIpc) is 3.18. The third kappa shape index (κ3) is 2.91. The molecule has 1 atom stereocenters. The van der Waals surface area contributed by atoms with E-state index in [1.165, 1.54) is 6.26 Å². The fourth-order valence-corrected chi connectivity index (χ4v) is 2.62. The summed E-state index contributed by atoms with van der Waals surface area (Å²) in [5.41, 5.74) is 1.37. The van der Waals surface area contributed by atoms with Gasteiger partial charge in [-0.2, -0.15) is 10.1 Å². The van der Waals surface area contributed by atoms with Crippen molar-refractivity contribution in [3.8, 4) is 6.08 Å². The third-order valence-electron chi connectivity index (χ3n) is 3.64. The maximum atomic E-state index is 12.5. The molecule has 1 unspecified atom stereocenters. The summed E-state index contributed by atoms with van der Waals surface area (Å²) in [7, 11) is 0. The van der Waals surface area contributed by atoms with Crippen LogP contribution in [0.3, 0.4) is 0 Å². The maximum absolute atomic E-state index is 12.5. The summed E-state index contributed by atoms with van der Waals surface area (Å²) >= 11 is 0. The van der Waals surface area contributed by atoms with E-state index in [2.05, 4.69) is 15.2 Å². The first-order chi connectivity index (χ1) is 10.3.